The Labute approximate surface area is 173 Å². The molecule has 0 bridgehead atoms. The van der Waals surface area contributed by atoms with E-state index in [1.165, 1.54) is 17.7 Å². The van der Waals surface area contributed by atoms with Crippen LogP contribution in [-0.2, 0) is 11.3 Å². The molecule has 3 amide bonds. The third-order valence-corrected chi connectivity index (χ3v) is 6.19. The van der Waals surface area contributed by atoms with Crippen LogP contribution < -0.4 is 15.2 Å². The first kappa shape index (κ1) is 21.3. The molecule has 2 N–H and O–H groups in total. The average Bonchev–Trinajstić information content (AvgIpc) is 3.08. The highest BCUT2D eigenvalue weighted by Gasteiger charge is 2.38. The van der Waals surface area contributed by atoms with Gasteiger partial charge in [0.05, 0.1) is 14.2 Å². The Morgan fingerprint density at radius 3 is 2.41 bits per heavy atom. The number of likely N-dealkylation sites (tertiary alicyclic amines) is 1. The van der Waals surface area contributed by atoms with Crippen LogP contribution in [0.1, 0.15) is 56.9 Å². The lowest BCUT2D eigenvalue weighted by Crippen LogP contribution is -2.52. The van der Waals surface area contributed by atoms with Gasteiger partial charge in [-0.3, -0.25) is 4.79 Å². The molecule has 1 saturated heterocycles. The molecule has 1 saturated carbocycles. The number of carbonyl (C=O) groups excluding carboxylic acids is 2. The molecular formula is C22H33N3O4. The van der Waals surface area contributed by atoms with E-state index in [9.17, 15) is 9.59 Å². The van der Waals surface area contributed by atoms with E-state index in [4.69, 9.17) is 15.2 Å². The maximum absolute atomic E-state index is 13.6. The van der Waals surface area contributed by atoms with Crippen LogP contribution in [-0.4, -0.2) is 54.6 Å². The maximum Gasteiger partial charge on any atom is 0.315 e. The fraction of sp³-hybridized carbons (Fsp3) is 0.636. The van der Waals surface area contributed by atoms with Crippen LogP contribution >= 0.6 is 0 Å². The molecule has 1 atom stereocenters. The van der Waals surface area contributed by atoms with Gasteiger partial charge in [-0.15, -0.1) is 0 Å². The van der Waals surface area contributed by atoms with Crippen LogP contribution in [0.15, 0.2) is 18.2 Å². The van der Waals surface area contributed by atoms with Gasteiger partial charge in [0.2, 0.25) is 5.91 Å². The van der Waals surface area contributed by atoms with Crippen LogP contribution in [0.3, 0.4) is 0 Å². The van der Waals surface area contributed by atoms with Crippen LogP contribution in [0.2, 0.25) is 0 Å². The van der Waals surface area contributed by atoms with Crippen LogP contribution in [0.25, 0.3) is 0 Å². The summed E-state index contributed by atoms with van der Waals surface area (Å²) in [5.74, 6) is 1.30. The number of para-hydroxylation sites is 1. The minimum atomic E-state index is -0.513. The third kappa shape index (κ3) is 4.77. The van der Waals surface area contributed by atoms with E-state index < -0.39 is 12.1 Å². The Bertz CT molecular complexity index is 716. The second kappa shape index (κ2) is 9.85. The first-order valence-electron chi connectivity index (χ1n) is 10.6. The molecule has 29 heavy (non-hydrogen) atoms. The number of urea groups is 1. The van der Waals surface area contributed by atoms with E-state index in [0.717, 1.165) is 37.7 Å². The Balaban J connectivity index is 1.91. The first-order chi connectivity index (χ1) is 14.1. The van der Waals surface area contributed by atoms with Crippen molar-refractivity contribution < 1.29 is 19.1 Å². The van der Waals surface area contributed by atoms with Gasteiger partial charge >= 0.3 is 6.03 Å². The maximum atomic E-state index is 13.6. The molecule has 1 aliphatic heterocycles. The zero-order chi connectivity index (χ0) is 20.8. The van der Waals surface area contributed by atoms with E-state index in [-0.39, 0.29) is 11.9 Å². The van der Waals surface area contributed by atoms with Crippen molar-refractivity contribution in [2.75, 3.05) is 20.8 Å². The molecular weight excluding hydrogens is 370 g/mol. The van der Waals surface area contributed by atoms with Gasteiger partial charge in [0, 0.05) is 24.7 Å². The zero-order valence-electron chi connectivity index (χ0n) is 17.6. The largest absolute Gasteiger partial charge is 0.493 e. The molecule has 0 radical (unpaired) electrons. The fourth-order valence-corrected chi connectivity index (χ4v) is 4.70. The minimum Gasteiger partial charge on any atom is -0.493 e. The number of hydrogen-bond acceptors (Lipinski definition) is 4. The molecule has 160 valence electrons. The number of methoxy groups -OCH3 is 2. The summed E-state index contributed by atoms with van der Waals surface area (Å²) in [6.45, 7) is 0.986. The van der Waals surface area contributed by atoms with Gasteiger partial charge in [0.15, 0.2) is 11.5 Å². The summed E-state index contributed by atoms with van der Waals surface area (Å²) < 4.78 is 11.0. The highest BCUT2D eigenvalue weighted by molar-refractivity contribution is 5.87. The van der Waals surface area contributed by atoms with Crippen molar-refractivity contribution in [2.45, 2.75) is 70.0 Å². The fourth-order valence-electron chi connectivity index (χ4n) is 4.70. The van der Waals surface area contributed by atoms with Crippen molar-refractivity contribution in [2.24, 2.45) is 5.73 Å². The molecule has 1 aliphatic carbocycles. The predicted octanol–water partition coefficient (Wildman–Crippen LogP) is 3.30. The second-order valence-corrected chi connectivity index (χ2v) is 7.95. The number of primary amides is 1. The summed E-state index contributed by atoms with van der Waals surface area (Å²) in [6.07, 6.45) is 8.10. The van der Waals surface area contributed by atoms with E-state index in [1.807, 2.05) is 23.1 Å². The summed E-state index contributed by atoms with van der Waals surface area (Å²) in [4.78, 5) is 29.0. The Kier molecular flexibility index (Phi) is 7.23. The first-order valence-corrected chi connectivity index (χ1v) is 10.6. The zero-order valence-corrected chi connectivity index (χ0v) is 17.6. The van der Waals surface area contributed by atoms with Crippen molar-refractivity contribution in [3.05, 3.63) is 23.8 Å². The minimum absolute atomic E-state index is 0.00178. The van der Waals surface area contributed by atoms with Crippen molar-refractivity contribution in [3.8, 4) is 11.5 Å². The van der Waals surface area contributed by atoms with Crippen molar-refractivity contribution in [1.29, 1.82) is 0 Å². The highest BCUT2D eigenvalue weighted by atomic mass is 16.5. The number of ether oxygens (including phenoxy) is 2. The summed E-state index contributed by atoms with van der Waals surface area (Å²) >= 11 is 0. The number of benzene rings is 1. The van der Waals surface area contributed by atoms with Gasteiger partial charge in [-0.05, 0) is 31.7 Å². The van der Waals surface area contributed by atoms with Crippen molar-refractivity contribution >= 4 is 11.9 Å². The number of rotatable bonds is 6. The molecule has 7 nitrogen and oxygen atoms in total. The summed E-state index contributed by atoms with van der Waals surface area (Å²) in [6, 6.07) is 4.92. The lowest BCUT2D eigenvalue weighted by atomic mass is 10.0. The number of hydrogen-bond donors (Lipinski definition) is 1. The molecule has 0 spiro atoms. The normalized spacial score (nSPS) is 20.2. The standard InChI is InChI=1S/C22H33N3O4/c1-28-19-13-7-9-16(20(19)29-2)15-25(17-10-5-3-4-6-11-17)21(26)18-12-8-14-24(18)22(23)27/h7,9,13,17-18H,3-6,8,10-12,14-15H2,1-2H3,(H2,23,27)/t18-/m0/s1. The smallest absolute Gasteiger partial charge is 0.315 e. The monoisotopic (exact) mass is 403 g/mol. The number of nitrogens with zero attached hydrogens (tertiary/aromatic N) is 2. The van der Waals surface area contributed by atoms with E-state index in [1.54, 1.807) is 14.2 Å². The van der Waals surface area contributed by atoms with Gasteiger partial charge in [-0.25, -0.2) is 4.79 Å². The molecule has 2 fully saturated rings. The topological polar surface area (TPSA) is 85.1 Å². The van der Waals surface area contributed by atoms with E-state index in [0.29, 0.717) is 31.0 Å². The van der Waals surface area contributed by atoms with E-state index >= 15 is 0 Å². The SMILES string of the molecule is COc1cccc(CN(C(=O)[C@@H]2CCCN2C(N)=O)C2CCCCCC2)c1OC. The molecule has 2 aliphatic rings. The molecule has 1 aromatic carbocycles. The molecule has 1 heterocycles. The lowest BCUT2D eigenvalue weighted by Gasteiger charge is -2.35. The van der Waals surface area contributed by atoms with Gasteiger partial charge < -0.3 is 25.0 Å². The summed E-state index contributed by atoms with van der Waals surface area (Å²) in [5.41, 5.74) is 6.46. The molecule has 0 unspecified atom stereocenters. The Morgan fingerprint density at radius 1 is 1.07 bits per heavy atom. The van der Waals surface area contributed by atoms with Gasteiger partial charge in [-0.1, -0.05) is 37.8 Å². The summed E-state index contributed by atoms with van der Waals surface area (Å²) in [7, 11) is 3.23. The number of carbonyl (C=O) groups is 2. The van der Waals surface area contributed by atoms with Gasteiger partial charge in [0.25, 0.3) is 0 Å². The number of nitrogens with two attached hydrogens (primary N) is 1. The second-order valence-electron chi connectivity index (χ2n) is 7.95. The Morgan fingerprint density at radius 2 is 1.79 bits per heavy atom. The quantitative estimate of drug-likeness (QED) is 0.739. The van der Waals surface area contributed by atoms with Gasteiger partial charge in [0.1, 0.15) is 6.04 Å². The number of amides is 3. The summed E-state index contributed by atoms with van der Waals surface area (Å²) in [5, 5.41) is 0. The lowest BCUT2D eigenvalue weighted by molar-refractivity contribution is -0.138. The van der Waals surface area contributed by atoms with Crippen LogP contribution in [0.5, 0.6) is 11.5 Å². The third-order valence-electron chi connectivity index (χ3n) is 6.19. The predicted molar refractivity (Wildman–Crippen MR) is 111 cm³/mol. The molecule has 7 heteroatoms. The van der Waals surface area contributed by atoms with Crippen molar-refractivity contribution in [1.82, 2.24) is 9.80 Å². The van der Waals surface area contributed by atoms with Crippen molar-refractivity contribution in [3.63, 3.8) is 0 Å². The highest BCUT2D eigenvalue weighted by Crippen LogP contribution is 2.34. The van der Waals surface area contributed by atoms with Gasteiger partial charge in [-0.2, -0.15) is 0 Å². The molecule has 1 aromatic rings. The molecule has 3 rings (SSSR count). The Hall–Kier alpha value is -2.44. The van der Waals surface area contributed by atoms with Crippen LogP contribution in [0, 0.1) is 0 Å². The average molecular weight is 404 g/mol. The van der Waals surface area contributed by atoms with E-state index in [2.05, 4.69) is 0 Å². The molecule has 0 aromatic heterocycles. The van der Waals surface area contributed by atoms with Crippen LogP contribution in [0.4, 0.5) is 4.79 Å².